The first-order chi connectivity index (χ1) is 10.0. The van der Waals surface area contributed by atoms with E-state index < -0.39 is 6.10 Å². The molecule has 1 N–H and O–H groups in total. The molecule has 110 valence electrons. The van der Waals surface area contributed by atoms with Crippen LogP contribution in [0.25, 0.3) is 0 Å². The Bertz CT molecular complexity index is 694. The summed E-state index contributed by atoms with van der Waals surface area (Å²) in [6.07, 6.45) is 0.386. The van der Waals surface area contributed by atoms with E-state index in [4.69, 9.17) is 4.74 Å². The van der Waals surface area contributed by atoms with E-state index in [-0.39, 0.29) is 5.92 Å². The predicted octanol–water partition coefficient (Wildman–Crippen LogP) is 4.45. The second-order valence-electron chi connectivity index (χ2n) is 5.70. The first kappa shape index (κ1) is 14.6. The van der Waals surface area contributed by atoms with E-state index in [1.54, 1.807) is 7.11 Å². The third-order valence-electron chi connectivity index (χ3n) is 4.48. The van der Waals surface area contributed by atoms with Crippen LogP contribution >= 0.6 is 15.9 Å². The van der Waals surface area contributed by atoms with Crippen LogP contribution in [0.1, 0.15) is 39.8 Å². The average molecular weight is 347 g/mol. The van der Waals surface area contributed by atoms with Gasteiger partial charge in [-0.25, -0.2) is 0 Å². The molecule has 2 nitrogen and oxygen atoms in total. The Balaban J connectivity index is 2.05. The van der Waals surface area contributed by atoms with Gasteiger partial charge in [-0.2, -0.15) is 0 Å². The number of methoxy groups -OCH3 is 1. The third-order valence-corrected chi connectivity index (χ3v) is 5.31. The lowest BCUT2D eigenvalue weighted by molar-refractivity contribution is 0.130. The number of aliphatic hydroxyl groups is 1. The molecule has 0 aromatic heterocycles. The zero-order valence-electron chi connectivity index (χ0n) is 12.5. The van der Waals surface area contributed by atoms with Gasteiger partial charge in [0.05, 0.1) is 13.2 Å². The van der Waals surface area contributed by atoms with Crippen LogP contribution in [0.15, 0.2) is 34.8 Å². The standard InChI is InChI=1S/C18H19BrO2/c1-10-8-15(19)11(2)16(18(10)21-3)17(20)14-9-12-6-4-5-7-13(12)14/h4-8,14,17,20H,9H2,1-3H3. The van der Waals surface area contributed by atoms with Gasteiger partial charge in [0.25, 0.3) is 0 Å². The van der Waals surface area contributed by atoms with Crippen molar-refractivity contribution in [3.8, 4) is 5.75 Å². The van der Waals surface area contributed by atoms with Crippen molar-refractivity contribution < 1.29 is 9.84 Å². The Kier molecular flexibility index (Phi) is 3.80. The molecule has 2 atom stereocenters. The Morgan fingerprint density at radius 2 is 2.00 bits per heavy atom. The summed E-state index contributed by atoms with van der Waals surface area (Å²) >= 11 is 3.58. The molecule has 0 heterocycles. The van der Waals surface area contributed by atoms with Crippen molar-refractivity contribution in [2.45, 2.75) is 32.3 Å². The Morgan fingerprint density at radius 3 is 2.67 bits per heavy atom. The predicted molar refractivity (Wildman–Crippen MR) is 88.0 cm³/mol. The van der Waals surface area contributed by atoms with Crippen molar-refractivity contribution in [3.63, 3.8) is 0 Å². The maximum atomic E-state index is 10.9. The summed E-state index contributed by atoms with van der Waals surface area (Å²) in [5.74, 6) is 0.954. The van der Waals surface area contributed by atoms with Gasteiger partial charge in [0.15, 0.2) is 0 Å². The van der Waals surface area contributed by atoms with Gasteiger partial charge in [-0.3, -0.25) is 0 Å². The van der Waals surface area contributed by atoms with E-state index in [0.717, 1.165) is 33.3 Å². The highest BCUT2D eigenvalue weighted by atomic mass is 79.9. The monoisotopic (exact) mass is 346 g/mol. The zero-order chi connectivity index (χ0) is 15.1. The number of ether oxygens (including phenoxy) is 1. The van der Waals surface area contributed by atoms with Gasteiger partial charge < -0.3 is 9.84 Å². The first-order valence-electron chi connectivity index (χ1n) is 7.14. The van der Waals surface area contributed by atoms with Crippen LogP contribution in [0.2, 0.25) is 0 Å². The van der Waals surface area contributed by atoms with Crippen molar-refractivity contribution >= 4 is 15.9 Å². The fraction of sp³-hybridized carbons (Fsp3) is 0.333. The van der Waals surface area contributed by atoms with Crippen molar-refractivity contribution in [3.05, 3.63) is 62.6 Å². The third kappa shape index (κ3) is 2.29. The van der Waals surface area contributed by atoms with Gasteiger partial charge in [-0.15, -0.1) is 0 Å². The average Bonchev–Trinajstić information content (AvgIpc) is 2.43. The molecule has 0 spiro atoms. The highest BCUT2D eigenvalue weighted by Gasteiger charge is 2.35. The Labute approximate surface area is 133 Å². The highest BCUT2D eigenvalue weighted by Crippen LogP contribution is 2.47. The van der Waals surface area contributed by atoms with Gasteiger partial charge >= 0.3 is 0 Å². The van der Waals surface area contributed by atoms with E-state index in [1.165, 1.54) is 11.1 Å². The molecule has 0 saturated heterocycles. The minimum absolute atomic E-state index is 0.155. The van der Waals surface area contributed by atoms with Crippen molar-refractivity contribution in [1.29, 1.82) is 0 Å². The van der Waals surface area contributed by atoms with Crippen LogP contribution in [0.4, 0.5) is 0 Å². The number of hydrogen-bond donors (Lipinski definition) is 1. The van der Waals surface area contributed by atoms with E-state index in [0.29, 0.717) is 0 Å². The van der Waals surface area contributed by atoms with Gasteiger partial charge in [-0.05, 0) is 48.6 Å². The molecule has 1 aliphatic carbocycles. The molecule has 1 aliphatic rings. The summed E-state index contributed by atoms with van der Waals surface area (Å²) < 4.78 is 6.58. The molecule has 0 radical (unpaired) electrons. The van der Waals surface area contributed by atoms with Gasteiger partial charge in [0, 0.05) is 16.0 Å². The van der Waals surface area contributed by atoms with Crippen LogP contribution in [0.3, 0.4) is 0 Å². The molecule has 0 aliphatic heterocycles. The normalized spacial score (nSPS) is 17.9. The van der Waals surface area contributed by atoms with Crippen LogP contribution in [0.5, 0.6) is 5.75 Å². The van der Waals surface area contributed by atoms with E-state index in [9.17, 15) is 5.11 Å². The van der Waals surface area contributed by atoms with Crippen LogP contribution in [-0.2, 0) is 6.42 Å². The molecule has 0 amide bonds. The molecule has 21 heavy (non-hydrogen) atoms. The number of benzene rings is 2. The zero-order valence-corrected chi connectivity index (χ0v) is 14.1. The molecule has 0 saturated carbocycles. The largest absolute Gasteiger partial charge is 0.496 e. The van der Waals surface area contributed by atoms with E-state index >= 15 is 0 Å². The second-order valence-corrected chi connectivity index (χ2v) is 6.56. The lowest BCUT2D eigenvalue weighted by Gasteiger charge is -2.35. The summed E-state index contributed by atoms with van der Waals surface area (Å²) in [7, 11) is 1.67. The summed E-state index contributed by atoms with van der Waals surface area (Å²) in [5.41, 5.74) is 5.59. The minimum atomic E-state index is -0.536. The summed E-state index contributed by atoms with van der Waals surface area (Å²) in [6.45, 7) is 4.03. The number of fused-ring (bicyclic) bond motifs is 1. The number of rotatable bonds is 3. The molecule has 3 heteroatoms. The molecular weight excluding hydrogens is 328 g/mol. The fourth-order valence-corrected chi connectivity index (χ4v) is 3.84. The molecule has 2 unspecified atom stereocenters. The number of halogens is 1. The molecule has 2 aromatic carbocycles. The first-order valence-corrected chi connectivity index (χ1v) is 7.93. The van der Waals surface area contributed by atoms with Crippen LogP contribution < -0.4 is 4.74 Å². The van der Waals surface area contributed by atoms with Crippen molar-refractivity contribution in [2.75, 3.05) is 7.11 Å². The Hall–Kier alpha value is -1.32. The molecule has 2 aromatic rings. The fourth-order valence-electron chi connectivity index (χ4n) is 3.28. The van der Waals surface area contributed by atoms with Crippen molar-refractivity contribution in [2.24, 2.45) is 0 Å². The summed E-state index contributed by atoms with van der Waals surface area (Å²) in [5, 5.41) is 10.9. The van der Waals surface area contributed by atoms with Gasteiger partial charge in [0.1, 0.15) is 5.75 Å². The maximum absolute atomic E-state index is 10.9. The van der Waals surface area contributed by atoms with Gasteiger partial charge in [0.2, 0.25) is 0 Å². The quantitative estimate of drug-likeness (QED) is 0.889. The number of aliphatic hydroxyl groups excluding tert-OH is 1. The van der Waals surface area contributed by atoms with Gasteiger partial charge in [-0.1, -0.05) is 40.2 Å². The minimum Gasteiger partial charge on any atom is -0.496 e. The lowest BCUT2D eigenvalue weighted by atomic mass is 9.72. The number of aryl methyl sites for hydroxylation is 1. The highest BCUT2D eigenvalue weighted by molar-refractivity contribution is 9.10. The topological polar surface area (TPSA) is 29.5 Å². The molecular formula is C18H19BrO2. The summed E-state index contributed by atoms with van der Waals surface area (Å²) in [4.78, 5) is 0. The Morgan fingerprint density at radius 1 is 1.29 bits per heavy atom. The second kappa shape index (κ2) is 5.47. The summed E-state index contributed by atoms with van der Waals surface area (Å²) in [6, 6.07) is 10.4. The molecule has 0 fully saturated rings. The molecule has 0 bridgehead atoms. The molecule has 3 rings (SSSR count). The van der Waals surface area contributed by atoms with Crippen LogP contribution in [-0.4, -0.2) is 12.2 Å². The van der Waals surface area contributed by atoms with Crippen molar-refractivity contribution in [1.82, 2.24) is 0 Å². The smallest absolute Gasteiger partial charge is 0.127 e. The van der Waals surface area contributed by atoms with E-state index in [2.05, 4.69) is 34.1 Å². The SMILES string of the molecule is COc1c(C)cc(Br)c(C)c1C(O)C1Cc2ccccc21. The number of hydrogen-bond acceptors (Lipinski definition) is 2. The van der Waals surface area contributed by atoms with Crippen LogP contribution in [0, 0.1) is 13.8 Å². The lowest BCUT2D eigenvalue weighted by Crippen LogP contribution is -2.24. The maximum Gasteiger partial charge on any atom is 0.127 e. The van der Waals surface area contributed by atoms with E-state index in [1.807, 2.05) is 26.0 Å².